The number of aryl methyl sites for hydroxylation is 2. The predicted octanol–water partition coefficient (Wildman–Crippen LogP) is 5.56. The molecule has 0 bridgehead atoms. The highest BCUT2D eigenvalue weighted by Crippen LogP contribution is 2.48. The fourth-order valence-electron chi connectivity index (χ4n) is 7.56. The molecule has 0 amide bonds. The second kappa shape index (κ2) is 15.3. The Morgan fingerprint density at radius 2 is 2.06 bits per heavy atom. The molecule has 2 N–H and O–H groups in total. The third-order valence-corrected chi connectivity index (χ3v) is 11.2. The van der Waals surface area contributed by atoms with E-state index in [2.05, 4.69) is 44.8 Å². The molecule has 266 valence electrons. The lowest BCUT2D eigenvalue weighted by Crippen LogP contribution is -2.40. The van der Waals surface area contributed by atoms with Crippen molar-refractivity contribution >= 4 is 28.3 Å². The SMILES string of the molecule is COC(=O)C(C(C)C)n1cnc(CCCCCN2CCCN(c3nccc(-c4noc([C@@]5(C)CCCc6sc(N)c(C#N)c65)n4)n3)[C@@H](C)C2)c1. The van der Waals surface area contributed by atoms with Gasteiger partial charge in [-0.05, 0) is 83.9 Å². The maximum Gasteiger partial charge on any atom is 0.329 e. The van der Waals surface area contributed by atoms with Crippen LogP contribution in [0.1, 0.15) is 99.9 Å². The van der Waals surface area contributed by atoms with E-state index in [9.17, 15) is 10.1 Å². The number of methoxy groups -OCH3 is 1. The van der Waals surface area contributed by atoms with E-state index in [1.807, 2.05) is 30.7 Å². The van der Waals surface area contributed by atoms with Gasteiger partial charge in [0.05, 0.1) is 30.1 Å². The lowest BCUT2D eigenvalue weighted by Gasteiger charge is -2.30. The van der Waals surface area contributed by atoms with E-state index in [1.54, 1.807) is 12.5 Å². The highest BCUT2D eigenvalue weighted by atomic mass is 32.1. The van der Waals surface area contributed by atoms with Gasteiger partial charge in [0, 0.05) is 42.0 Å². The van der Waals surface area contributed by atoms with E-state index in [1.165, 1.54) is 18.4 Å². The summed E-state index contributed by atoms with van der Waals surface area (Å²) in [5.41, 5.74) is 8.72. The Balaban J connectivity index is 1.03. The van der Waals surface area contributed by atoms with Gasteiger partial charge in [0.15, 0.2) is 0 Å². The summed E-state index contributed by atoms with van der Waals surface area (Å²) in [5.74, 6) is 1.45. The van der Waals surface area contributed by atoms with Gasteiger partial charge in [-0.2, -0.15) is 10.2 Å². The van der Waals surface area contributed by atoms with Crippen molar-refractivity contribution in [1.29, 1.82) is 5.26 Å². The molecule has 6 rings (SSSR count). The topological polar surface area (TPSA) is 165 Å². The average Bonchev–Trinajstić information content (AvgIpc) is 3.83. The minimum atomic E-state index is -0.581. The molecule has 13 nitrogen and oxygen atoms in total. The molecule has 4 aromatic heterocycles. The third kappa shape index (κ3) is 7.25. The van der Waals surface area contributed by atoms with E-state index >= 15 is 0 Å². The largest absolute Gasteiger partial charge is 0.467 e. The maximum atomic E-state index is 12.2. The minimum absolute atomic E-state index is 0.123. The van der Waals surface area contributed by atoms with Gasteiger partial charge in [0.2, 0.25) is 17.7 Å². The van der Waals surface area contributed by atoms with Crippen molar-refractivity contribution in [3.63, 3.8) is 0 Å². The number of anilines is 2. The molecule has 0 radical (unpaired) electrons. The molecule has 1 aliphatic carbocycles. The zero-order chi connectivity index (χ0) is 35.4. The zero-order valence-corrected chi connectivity index (χ0v) is 30.6. The summed E-state index contributed by atoms with van der Waals surface area (Å²) in [6.07, 6.45) is 13.3. The van der Waals surface area contributed by atoms with Crippen molar-refractivity contribution in [1.82, 2.24) is 34.6 Å². The van der Waals surface area contributed by atoms with Crippen LogP contribution in [0.4, 0.5) is 10.9 Å². The third-order valence-electron chi connectivity index (χ3n) is 10.2. The Kier molecular flexibility index (Phi) is 10.8. The Bertz CT molecular complexity index is 1830. The highest BCUT2D eigenvalue weighted by molar-refractivity contribution is 7.16. The molecular weight excluding hydrogens is 653 g/mol. The second-order valence-electron chi connectivity index (χ2n) is 14.1. The van der Waals surface area contributed by atoms with Crippen molar-refractivity contribution in [2.24, 2.45) is 5.92 Å². The van der Waals surface area contributed by atoms with Gasteiger partial charge in [-0.25, -0.2) is 19.7 Å². The van der Waals surface area contributed by atoms with Crippen molar-refractivity contribution in [2.75, 3.05) is 43.9 Å². The van der Waals surface area contributed by atoms with Crippen LogP contribution in [-0.4, -0.2) is 79.9 Å². The van der Waals surface area contributed by atoms with Crippen LogP contribution < -0.4 is 10.6 Å². The Hall–Kier alpha value is -4.35. The Morgan fingerprint density at radius 1 is 1.22 bits per heavy atom. The van der Waals surface area contributed by atoms with E-state index in [-0.39, 0.29) is 24.0 Å². The van der Waals surface area contributed by atoms with Crippen LogP contribution in [0.25, 0.3) is 11.5 Å². The van der Waals surface area contributed by atoms with Crippen LogP contribution in [0.15, 0.2) is 29.3 Å². The molecule has 14 heteroatoms. The number of carbonyl (C=O) groups excluding carboxylic acids is 1. The molecule has 1 fully saturated rings. The molecule has 0 saturated carbocycles. The minimum Gasteiger partial charge on any atom is -0.467 e. The number of unbranched alkanes of at least 4 members (excludes halogenated alkanes) is 2. The number of esters is 1. The van der Waals surface area contributed by atoms with Crippen molar-refractivity contribution in [3.8, 4) is 17.6 Å². The summed E-state index contributed by atoms with van der Waals surface area (Å²) < 4.78 is 12.8. The van der Waals surface area contributed by atoms with Gasteiger partial charge in [-0.3, -0.25) is 0 Å². The fraction of sp³-hybridized carbons (Fsp3) is 0.583. The molecule has 1 saturated heterocycles. The summed E-state index contributed by atoms with van der Waals surface area (Å²) >= 11 is 1.49. The first-order valence-corrected chi connectivity index (χ1v) is 18.5. The van der Waals surface area contributed by atoms with Gasteiger partial charge in [-0.15, -0.1) is 11.3 Å². The standard InChI is InChI=1S/C36H48N10O3S/c1-23(2)30(33(47)48-5)45-21-25(40-22-45)11-7-6-8-16-44-17-10-18-46(24(3)20-44)35-39-15-13-27(41-35)32-42-34(49-43-32)36(4)14-9-12-28-29(36)26(19-37)31(38)50-28/h13,15,21-24,30H,6-12,14,16-18,20,38H2,1-5H3/t24-,30?,36-/m0/s1. The second-order valence-corrected chi connectivity index (χ2v) is 15.3. The van der Waals surface area contributed by atoms with Gasteiger partial charge in [0.1, 0.15) is 22.8 Å². The number of nitrogen functional groups attached to an aromatic ring is 1. The number of hydrogen-bond donors (Lipinski definition) is 1. The van der Waals surface area contributed by atoms with Gasteiger partial charge in [-0.1, -0.05) is 25.4 Å². The number of rotatable bonds is 12. The van der Waals surface area contributed by atoms with E-state index in [0.717, 1.165) is 93.7 Å². The number of hydrogen-bond acceptors (Lipinski definition) is 13. The lowest BCUT2D eigenvalue weighted by atomic mass is 9.72. The lowest BCUT2D eigenvalue weighted by molar-refractivity contribution is -0.146. The number of ether oxygens (including phenoxy) is 1. The molecule has 3 atom stereocenters. The first kappa shape index (κ1) is 35.5. The summed E-state index contributed by atoms with van der Waals surface area (Å²) in [4.78, 5) is 37.1. The number of nitriles is 1. The van der Waals surface area contributed by atoms with Crippen LogP contribution in [0.5, 0.6) is 0 Å². The quantitative estimate of drug-likeness (QED) is 0.145. The van der Waals surface area contributed by atoms with E-state index in [4.69, 9.17) is 25.0 Å². The van der Waals surface area contributed by atoms with Crippen LogP contribution in [0.2, 0.25) is 0 Å². The molecule has 1 unspecified atom stereocenters. The number of nitrogens with two attached hydrogens (primary N) is 1. The number of thiophene rings is 1. The van der Waals surface area contributed by atoms with Crippen molar-refractivity contribution < 1.29 is 14.1 Å². The zero-order valence-electron chi connectivity index (χ0n) is 29.8. The van der Waals surface area contributed by atoms with Crippen LogP contribution in [0, 0.1) is 17.2 Å². The molecule has 0 aromatic carbocycles. The number of aromatic nitrogens is 6. The first-order chi connectivity index (χ1) is 24.1. The number of fused-ring (bicyclic) bond motifs is 1. The summed E-state index contributed by atoms with van der Waals surface area (Å²) in [7, 11) is 1.43. The molecule has 0 spiro atoms. The van der Waals surface area contributed by atoms with E-state index in [0.29, 0.717) is 33.9 Å². The molecule has 4 aromatic rings. The predicted molar refractivity (Wildman–Crippen MR) is 192 cm³/mol. The van der Waals surface area contributed by atoms with Gasteiger partial charge < -0.3 is 29.4 Å². The summed E-state index contributed by atoms with van der Waals surface area (Å²) in [6, 6.07) is 4.00. The van der Waals surface area contributed by atoms with Crippen molar-refractivity contribution in [3.05, 3.63) is 52.4 Å². The highest BCUT2D eigenvalue weighted by Gasteiger charge is 2.43. The Labute approximate surface area is 297 Å². The van der Waals surface area contributed by atoms with E-state index < -0.39 is 5.41 Å². The van der Waals surface area contributed by atoms with Crippen LogP contribution in [-0.2, 0) is 27.8 Å². The molecule has 1 aliphatic heterocycles. The van der Waals surface area contributed by atoms with Crippen molar-refractivity contribution in [2.45, 2.75) is 96.6 Å². The molecule has 50 heavy (non-hydrogen) atoms. The smallest absolute Gasteiger partial charge is 0.329 e. The average molecular weight is 701 g/mol. The monoisotopic (exact) mass is 700 g/mol. The fourth-order valence-corrected chi connectivity index (χ4v) is 8.75. The Morgan fingerprint density at radius 3 is 2.84 bits per heavy atom. The van der Waals surface area contributed by atoms with Crippen LogP contribution >= 0.6 is 11.3 Å². The number of imidazole rings is 1. The van der Waals surface area contributed by atoms with Crippen LogP contribution in [0.3, 0.4) is 0 Å². The summed E-state index contributed by atoms with van der Waals surface area (Å²) in [6.45, 7) is 12.2. The molecular formula is C36H48N10O3S. The molecule has 2 aliphatic rings. The molecule has 5 heterocycles. The number of nitrogens with zero attached hydrogens (tertiary/aromatic N) is 9. The normalized spacial score (nSPS) is 20.3. The number of carbonyl (C=O) groups is 1. The summed E-state index contributed by atoms with van der Waals surface area (Å²) in [5, 5.41) is 14.7. The first-order valence-electron chi connectivity index (χ1n) is 17.7. The van der Waals surface area contributed by atoms with Gasteiger partial charge in [0.25, 0.3) is 0 Å². The van der Waals surface area contributed by atoms with Gasteiger partial charge >= 0.3 is 5.97 Å². The maximum absolute atomic E-state index is 12.2.